The van der Waals surface area contributed by atoms with Gasteiger partial charge in [-0.25, -0.2) is 0 Å². The Morgan fingerprint density at radius 2 is 1.94 bits per heavy atom. The summed E-state index contributed by atoms with van der Waals surface area (Å²) in [5.41, 5.74) is 1.74. The fourth-order valence-corrected chi connectivity index (χ4v) is 2.22. The Hall–Kier alpha value is -1.16. The molecule has 4 nitrogen and oxygen atoms in total. The Labute approximate surface area is 110 Å². The lowest BCUT2D eigenvalue weighted by molar-refractivity contribution is -0.129. The van der Waals surface area contributed by atoms with Crippen LogP contribution in [0.5, 0.6) is 0 Å². The van der Waals surface area contributed by atoms with Crippen LogP contribution in [0.4, 0.5) is 0 Å². The molecule has 1 fully saturated rings. The quantitative estimate of drug-likeness (QED) is 0.775. The van der Waals surface area contributed by atoms with E-state index in [0.717, 1.165) is 19.5 Å². The van der Waals surface area contributed by atoms with Crippen molar-refractivity contribution in [1.29, 1.82) is 0 Å². The summed E-state index contributed by atoms with van der Waals surface area (Å²) in [5, 5.41) is 3.33. The van der Waals surface area contributed by atoms with E-state index in [1.54, 1.807) is 7.05 Å². The number of carbonyl (C=O) groups is 1. The predicted octanol–water partition coefficient (Wildman–Crippen LogP) is 1.62. The molecule has 1 unspecified atom stereocenters. The number of hydrogen-bond donors (Lipinski definition) is 1. The molecule has 0 bridgehead atoms. The molecule has 0 aromatic carbocycles. The zero-order valence-corrected chi connectivity index (χ0v) is 12.2. The van der Waals surface area contributed by atoms with Crippen LogP contribution in [-0.4, -0.2) is 48.7 Å². The first kappa shape index (κ1) is 14.9. The van der Waals surface area contributed by atoms with E-state index in [-0.39, 0.29) is 18.0 Å². The van der Waals surface area contributed by atoms with Crippen LogP contribution in [0.2, 0.25) is 0 Å². The van der Waals surface area contributed by atoms with Gasteiger partial charge in [-0.3, -0.25) is 9.79 Å². The maximum absolute atomic E-state index is 12.5. The third-order valence-electron chi connectivity index (χ3n) is 3.46. The minimum Gasteiger partial charge on any atom is -0.329 e. The summed E-state index contributed by atoms with van der Waals surface area (Å²) in [4.78, 5) is 18.6. The number of piperazine rings is 1. The smallest absolute Gasteiger partial charge is 0.272 e. The molecular formula is C14H25N3O. The molecule has 0 saturated carbocycles. The van der Waals surface area contributed by atoms with Crippen molar-refractivity contribution in [3.63, 3.8) is 0 Å². The Bertz CT molecular complexity index is 350. The van der Waals surface area contributed by atoms with Gasteiger partial charge >= 0.3 is 0 Å². The number of rotatable bonds is 3. The van der Waals surface area contributed by atoms with Gasteiger partial charge < -0.3 is 10.2 Å². The molecular weight excluding hydrogens is 226 g/mol. The maximum Gasteiger partial charge on any atom is 0.272 e. The first-order valence-corrected chi connectivity index (χ1v) is 6.68. The van der Waals surface area contributed by atoms with Crippen LogP contribution in [0.15, 0.2) is 16.6 Å². The normalized spacial score (nSPS) is 26.4. The zero-order chi connectivity index (χ0) is 13.7. The average Bonchev–Trinajstić information content (AvgIpc) is 2.35. The molecule has 0 aliphatic carbocycles. The molecule has 1 amide bonds. The summed E-state index contributed by atoms with van der Waals surface area (Å²) in [7, 11) is 1.68. The molecule has 0 aromatic heterocycles. The third kappa shape index (κ3) is 3.42. The second kappa shape index (κ2) is 6.69. The molecule has 0 aromatic rings. The van der Waals surface area contributed by atoms with E-state index in [9.17, 15) is 4.79 Å². The van der Waals surface area contributed by atoms with Gasteiger partial charge in [0.25, 0.3) is 5.91 Å². The Balaban J connectivity index is 2.90. The fourth-order valence-electron chi connectivity index (χ4n) is 2.22. The highest BCUT2D eigenvalue weighted by molar-refractivity contribution is 6.43. The van der Waals surface area contributed by atoms with Crippen molar-refractivity contribution in [2.75, 3.05) is 20.1 Å². The number of aliphatic imine (C=N–C) groups is 1. The minimum atomic E-state index is 0.0480. The standard InChI is InChI=1S/C14H25N3O/c1-6-10(2)7-13(15-5)14(18)17-11(3)8-16-9-12(17)4/h7,11-12,16H,6,8-9H2,1-5H3/b10-7+,15-13?/t11-,12?/m1/s1. The second-order valence-corrected chi connectivity index (χ2v) is 5.02. The van der Waals surface area contributed by atoms with E-state index in [2.05, 4.69) is 31.1 Å². The molecule has 0 spiro atoms. The van der Waals surface area contributed by atoms with Gasteiger partial charge in [0.05, 0.1) is 0 Å². The van der Waals surface area contributed by atoms with Gasteiger partial charge in [0.15, 0.2) is 0 Å². The van der Waals surface area contributed by atoms with Crippen LogP contribution in [0.3, 0.4) is 0 Å². The van der Waals surface area contributed by atoms with Crippen molar-refractivity contribution in [2.45, 2.75) is 46.2 Å². The van der Waals surface area contributed by atoms with E-state index in [4.69, 9.17) is 0 Å². The van der Waals surface area contributed by atoms with Crippen LogP contribution in [0.25, 0.3) is 0 Å². The maximum atomic E-state index is 12.5. The molecule has 1 heterocycles. The van der Waals surface area contributed by atoms with E-state index in [1.165, 1.54) is 5.57 Å². The largest absolute Gasteiger partial charge is 0.329 e. The minimum absolute atomic E-state index is 0.0480. The number of carbonyl (C=O) groups excluding carboxylic acids is 1. The molecule has 1 saturated heterocycles. The average molecular weight is 251 g/mol. The van der Waals surface area contributed by atoms with Crippen molar-refractivity contribution >= 4 is 11.6 Å². The number of allylic oxidation sites excluding steroid dienone is 1. The van der Waals surface area contributed by atoms with Crippen molar-refractivity contribution in [3.05, 3.63) is 11.6 Å². The summed E-state index contributed by atoms with van der Waals surface area (Å²) < 4.78 is 0. The third-order valence-corrected chi connectivity index (χ3v) is 3.46. The SMILES string of the molecule is CC/C(C)=C/C(=NC)C(=O)N1C(C)CNC[C@H]1C. The second-order valence-electron chi connectivity index (χ2n) is 5.02. The number of nitrogens with zero attached hydrogens (tertiary/aromatic N) is 2. The van der Waals surface area contributed by atoms with Crippen molar-refractivity contribution in [1.82, 2.24) is 10.2 Å². The highest BCUT2D eigenvalue weighted by Gasteiger charge is 2.30. The molecule has 0 radical (unpaired) electrons. The summed E-state index contributed by atoms with van der Waals surface area (Å²) in [5.74, 6) is 0.0480. The Kier molecular flexibility index (Phi) is 5.54. The van der Waals surface area contributed by atoms with Gasteiger partial charge in [0, 0.05) is 32.2 Å². The van der Waals surface area contributed by atoms with Gasteiger partial charge in [-0.1, -0.05) is 12.5 Å². The van der Waals surface area contributed by atoms with Gasteiger partial charge in [0.2, 0.25) is 0 Å². The predicted molar refractivity (Wildman–Crippen MR) is 76.0 cm³/mol. The topological polar surface area (TPSA) is 44.7 Å². The lowest BCUT2D eigenvalue weighted by Gasteiger charge is -2.39. The highest BCUT2D eigenvalue weighted by atomic mass is 16.2. The van der Waals surface area contributed by atoms with Crippen LogP contribution in [-0.2, 0) is 4.79 Å². The Morgan fingerprint density at radius 1 is 1.39 bits per heavy atom. The highest BCUT2D eigenvalue weighted by Crippen LogP contribution is 2.12. The zero-order valence-electron chi connectivity index (χ0n) is 12.2. The van der Waals surface area contributed by atoms with Crippen molar-refractivity contribution < 1.29 is 4.79 Å². The first-order chi connectivity index (χ1) is 8.51. The van der Waals surface area contributed by atoms with Crippen molar-refractivity contribution in [2.24, 2.45) is 4.99 Å². The molecule has 102 valence electrons. The monoisotopic (exact) mass is 251 g/mol. The van der Waals surface area contributed by atoms with Crippen molar-refractivity contribution in [3.8, 4) is 0 Å². The lowest BCUT2D eigenvalue weighted by atomic mass is 10.1. The first-order valence-electron chi connectivity index (χ1n) is 6.68. The van der Waals surface area contributed by atoms with E-state index in [0.29, 0.717) is 5.71 Å². The van der Waals surface area contributed by atoms with Crippen LogP contribution < -0.4 is 5.32 Å². The van der Waals surface area contributed by atoms with Crippen LogP contribution >= 0.6 is 0 Å². The molecule has 1 aliphatic heterocycles. The molecule has 1 aliphatic rings. The summed E-state index contributed by atoms with van der Waals surface area (Å²) in [6.45, 7) is 9.96. The number of nitrogens with one attached hydrogen (secondary N) is 1. The summed E-state index contributed by atoms with van der Waals surface area (Å²) in [6.07, 6.45) is 2.85. The summed E-state index contributed by atoms with van der Waals surface area (Å²) >= 11 is 0. The van der Waals surface area contributed by atoms with Gasteiger partial charge in [-0.05, 0) is 33.3 Å². The fraction of sp³-hybridized carbons (Fsp3) is 0.714. The van der Waals surface area contributed by atoms with Crippen LogP contribution in [0.1, 0.15) is 34.1 Å². The van der Waals surface area contributed by atoms with Gasteiger partial charge in [-0.15, -0.1) is 0 Å². The van der Waals surface area contributed by atoms with Gasteiger partial charge in [0.1, 0.15) is 5.71 Å². The Morgan fingerprint density at radius 3 is 2.39 bits per heavy atom. The van der Waals surface area contributed by atoms with E-state index < -0.39 is 0 Å². The number of hydrogen-bond acceptors (Lipinski definition) is 3. The molecule has 4 heteroatoms. The lowest BCUT2D eigenvalue weighted by Crippen LogP contribution is -2.58. The van der Waals surface area contributed by atoms with Crippen LogP contribution in [0, 0.1) is 0 Å². The molecule has 1 rings (SSSR count). The molecule has 2 atom stereocenters. The van der Waals surface area contributed by atoms with Gasteiger partial charge in [-0.2, -0.15) is 0 Å². The van der Waals surface area contributed by atoms with E-state index >= 15 is 0 Å². The van der Waals surface area contributed by atoms with E-state index in [1.807, 2.05) is 17.9 Å². The summed E-state index contributed by atoms with van der Waals surface area (Å²) in [6, 6.07) is 0.432. The molecule has 18 heavy (non-hydrogen) atoms. The number of amides is 1. The molecule has 1 N–H and O–H groups in total.